The summed E-state index contributed by atoms with van der Waals surface area (Å²) in [5.41, 5.74) is -0.221. The Balaban J connectivity index is 2.44. The number of rotatable bonds is 5. The molecule has 0 saturated heterocycles. The van der Waals surface area contributed by atoms with Crippen LogP contribution in [0.15, 0.2) is 0 Å². The fraction of sp³-hybridized carbons (Fsp3) is 0.917. The van der Waals surface area contributed by atoms with E-state index < -0.39 is 9.84 Å². The smallest absolute Gasteiger partial charge is 0.150 e. The number of hydrogen-bond acceptors (Lipinski definition) is 3. The Labute approximate surface area is 98.8 Å². The number of nitriles is 1. The molecule has 1 fully saturated rings. The minimum absolute atomic E-state index is 0.215. The van der Waals surface area contributed by atoms with Gasteiger partial charge in [0.05, 0.1) is 17.2 Å². The van der Waals surface area contributed by atoms with Gasteiger partial charge in [-0.1, -0.05) is 26.2 Å². The van der Waals surface area contributed by atoms with Gasteiger partial charge in [-0.25, -0.2) is 8.42 Å². The Kier molecular flexibility index (Phi) is 4.79. The van der Waals surface area contributed by atoms with E-state index in [1.807, 2.05) is 0 Å². The predicted octanol–water partition coefficient (Wildman–Crippen LogP) is 2.68. The van der Waals surface area contributed by atoms with Crippen LogP contribution < -0.4 is 0 Å². The lowest BCUT2D eigenvalue weighted by Gasteiger charge is -2.30. The van der Waals surface area contributed by atoms with Crippen molar-refractivity contribution in [3.8, 4) is 6.07 Å². The molecular weight excluding hydrogens is 222 g/mol. The van der Waals surface area contributed by atoms with Crippen LogP contribution in [-0.2, 0) is 9.84 Å². The number of sulfone groups is 1. The molecule has 0 heterocycles. The highest BCUT2D eigenvalue weighted by atomic mass is 32.2. The van der Waals surface area contributed by atoms with Gasteiger partial charge >= 0.3 is 0 Å². The number of hydrogen-bond donors (Lipinski definition) is 0. The van der Waals surface area contributed by atoms with Crippen LogP contribution in [0.2, 0.25) is 0 Å². The van der Waals surface area contributed by atoms with E-state index in [1.165, 1.54) is 6.42 Å². The van der Waals surface area contributed by atoms with Gasteiger partial charge in [-0.15, -0.1) is 0 Å². The molecule has 0 unspecified atom stereocenters. The van der Waals surface area contributed by atoms with Crippen molar-refractivity contribution in [2.75, 3.05) is 11.5 Å². The second-order valence-corrected chi connectivity index (χ2v) is 7.27. The van der Waals surface area contributed by atoms with E-state index in [-0.39, 0.29) is 16.9 Å². The molecule has 92 valence electrons. The molecule has 1 saturated carbocycles. The fourth-order valence-corrected chi connectivity index (χ4v) is 3.29. The van der Waals surface area contributed by atoms with Crippen molar-refractivity contribution in [1.29, 1.82) is 5.26 Å². The van der Waals surface area contributed by atoms with Gasteiger partial charge in [0.2, 0.25) is 0 Å². The maximum Gasteiger partial charge on any atom is 0.150 e. The summed E-state index contributed by atoms with van der Waals surface area (Å²) >= 11 is 0. The Morgan fingerprint density at radius 2 is 1.88 bits per heavy atom. The maximum atomic E-state index is 11.4. The molecule has 1 rings (SSSR count). The van der Waals surface area contributed by atoms with Gasteiger partial charge in [0.25, 0.3) is 0 Å². The molecule has 0 aliphatic heterocycles. The lowest BCUT2D eigenvalue weighted by atomic mass is 9.72. The third-order valence-electron chi connectivity index (χ3n) is 3.60. The highest BCUT2D eigenvalue weighted by molar-refractivity contribution is 7.91. The van der Waals surface area contributed by atoms with Crippen molar-refractivity contribution < 1.29 is 8.42 Å². The van der Waals surface area contributed by atoms with E-state index in [9.17, 15) is 13.7 Å². The molecule has 0 radical (unpaired) electrons. The summed E-state index contributed by atoms with van der Waals surface area (Å²) in [6, 6.07) is 2.43. The molecule has 0 aromatic rings. The zero-order chi connectivity index (χ0) is 12.1. The molecule has 0 aromatic carbocycles. The minimum Gasteiger partial charge on any atom is -0.229 e. The highest BCUT2D eigenvalue weighted by Crippen LogP contribution is 2.39. The van der Waals surface area contributed by atoms with Crippen LogP contribution >= 0.6 is 0 Å². The van der Waals surface area contributed by atoms with E-state index in [0.717, 1.165) is 32.1 Å². The van der Waals surface area contributed by atoms with Gasteiger partial charge in [0.15, 0.2) is 0 Å². The quantitative estimate of drug-likeness (QED) is 0.746. The first-order valence-corrected chi connectivity index (χ1v) is 7.97. The van der Waals surface area contributed by atoms with Crippen molar-refractivity contribution in [1.82, 2.24) is 0 Å². The molecule has 0 bridgehead atoms. The van der Waals surface area contributed by atoms with Crippen LogP contribution in [0.25, 0.3) is 0 Å². The van der Waals surface area contributed by atoms with E-state index in [1.54, 1.807) is 6.92 Å². The Hall–Kier alpha value is -0.560. The van der Waals surface area contributed by atoms with Gasteiger partial charge in [0.1, 0.15) is 9.84 Å². The molecule has 4 heteroatoms. The summed E-state index contributed by atoms with van der Waals surface area (Å²) in [4.78, 5) is 0. The lowest BCUT2D eigenvalue weighted by molar-refractivity contribution is 0.247. The monoisotopic (exact) mass is 243 g/mol. The van der Waals surface area contributed by atoms with Crippen LogP contribution in [0.3, 0.4) is 0 Å². The van der Waals surface area contributed by atoms with Crippen molar-refractivity contribution in [3.05, 3.63) is 0 Å². The van der Waals surface area contributed by atoms with Gasteiger partial charge in [-0.05, 0) is 25.7 Å². The first-order valence-electron chi connectivity index (χ1n) is 6.15. The summed E-state index contributed by atoms with van der Waals surface area (Å²) in [6.07, 6.45) is 6.76. The molecule has 0 spiro atoms. The third kappa shape index (κ3) is 3.79. The molecule has 1 aliphatic rings. The van der Waals surface area contributed by atoms with Crippen molar-refractivity contribution in [2.24, 2.45) is 5.41 Å². The summed E-state index contributed by atoms with van der Waals surface area (Å²) in [5.74, 6) is 0.458. The molecule has 0 N–H and O–H groups in total. The van der Waals surface area contributed by atoms with Crippen LogP contribution in [0.4, 0.5) is 0 Å². The van der Waals surface area contributed by atoms with Crippen molar-refractivity contribution >= 4 is 9.84 Å². The second kappa shape index (κ2) is 5.67. The average molecular weight is 243 g/mol. The molecule has 1 aliphatic carbocycles. The molecular formula is C12H21NO2S. The molecule has 0 amide bonds. The summed E-state index contributed by atoms with van der Waals surface area (Å²) in [6.45, 7) is 1.68. The zero-order valence-corrected chi connectivity index (χ0v) is 10.9. The molecule has 0 aromatic heterocycles. The van der Waals surface area contributed by atoms with Crippen LogP contribution in [0.5, 0.6) is 0 Å². The molecule has 0 atom stereocenters. The second-order valence-electron chi connectivity index (χ2n) is 4.79. The first-order chi connectivity index (χ1) is 7.54. The SMILES string of the molecule is CCS(=O)(=O)CCCC1(C#N)CCCCC1. The fourth-order valence-electron chi connectivity index (χ4n) is 2.42. The molecule has 16 heavy (non-hydrogen) atoms. The van der Waals surface area contributed by atoms with E-state index in [2.05, 4.69) is 6.07 Å². The number of nitrogens with zero attached hydrogens (tertiary/aromatic N) is 1. The predicted molar refractivity (Wildman–Crippen MR) is 64.7 cm³/mol. The Morgan fingerprint density at radius 1 is 1.25 bits per heavy atom. The van der Waals surface area contributed by atoms with E-state index in [4.69, 9.17) is 0 Å². The van der Waals surface area contributed by atoms with E-state index >= 15 is 0 Å². The van der Waals surface area contributed by atoms with Crippen LogP contribution in [-0.4, -0.2) is 19.9 Å². The third-order valence-corrected chi connectivity index (χ3v) is 5.39. The normalized spacial score (nSPS) is 20.2. The average Bonchev–Trinajstić information content (AvgIpc) is 2.30. The van der Waals surface area contributed by atoms with Crippen LogP contribution in [0.1, 0.15) is 51.9 Å². The summed E-state index contributed by atoms with van der Waals surface area (Å²) < 4.78 is 22.7. The van der Waals surface area contributed by atoms with Gasteiger partial charge < -0.3 is 0 Å². The lowest BCUT2D eigenvalue weighted by Crippen LogP contribution is -2.23. The summed E-state index contributed by atoms with van der Waals surface area (Å²) in [7, 11) is -2.86. The Morgan fingerprint density at radius 3 is 2.38 bits per heavy atom. The first kappa shape index (κ1) is 13.5. The van der Waals surface area contributed by atoms with Crippen molar-refractivity contribution in [2.45, 2.75) is 51.9 Å². The van der Waals surface area contributed by atoms with Crippen LogP contribution in [0, 0.1) is 16.7 Å². The molecule has 3 nitrogen and oxygen atoms in total. The van der Waals surface area contributed by atoms with Gasteiger partial charge in [-0.2, -0.15) is 5.26 Å². The van der Waals surface area contributed by atoms with E-state index in [0.29, 0.717) is 6.42 Å². The highest BCUT2D eigenvalue weighted by Gasteiger charge is 2.31. The zero-order valence-electron chi connectivity index (χ0n) is 10.0. The largest absolute Gasteiger partial charge is 0.229 e. The van der Waals surface area contributed by atoms with Crippen molar-refractivity contribution in [3.63, 3.8) is 0 Å². The summed E-state index contributed by atoms with van der Waals surface area (Å²) in [5, 5.41) is 9.23. The maximum absolute atomic E-state index is 11.4. The minimum atomic E-state index is -2.86. The Bertz CT molecular complexity index is 348. The topological polar surface area (TPSA) is 57.9 Å². The standard InChI is InChI=1S/C12H21NO2S/c1-2-16(14,15)10-6-9-12(11-13)7-4-3-5-8-12/h2-10H2,1H3. The van der Waals surface area contributed by atoms with Gasteiger partial charge in [-0.3, -0.25) is 0 Å². The van der Waals surface area contributed by atoms with Gasteiger partial charge in [0, 0.05) is 5.75 Å².